The lowest BCUT2D eigenvalue weighted by Gasteiger charge is -2.15. The summed E-state index contributed by atoms with van der Waals surface area (Å²) in [6.45, 7) is 0. The summed E-state index contributed by atoms with van der Waals surface area (Å²) in [5.74, 6) is 6.37. The molecule has 1 atom stereocenters. The molecule has 0 radical (unpaired) electrons. The lowest BCUT2D eigenvalue weighted by Crippen LogP contribution is -2.37. The number of hydrazine groups is 1. The number of methoxy groups -OCH3 is 1. The van der Waals surface area contributed by atoms with Gasteiger partial charge in [-0.25, -0.2) is 4.39 Å². The molecule has 0 aliphatic carbocycles. The minimum Gasteiger partial charge on any atom is -0.494 e. The summed E-state index contributed by atoms with van der Waals surface area (Å²) in [6, 6.07) is 8.81. The quantitative estimate of drug-likeness (QED) is 0.603. The number of hydrogen-bond acceptors (Lipinski definition) is 4. The van der Waals surface area contributed by atoms with E-state index >= 15 is 0 Å². The van der Waals surface area contributed by atoms with Crippen LogP contribution in [0.4, 0.5) is 4.39 Å². The molecule has 20 heavy (non-hydrogen) atoms. The normalized spacial score (nSPS) is 12.3. The highest BCUT2D eigenvalue weighted by Gasteiger charge is 2.11. The van der Waals surface area contributed by atoms with Crippen LogP contribution in [0.25, 0.3) is 0 Å². The van der Waals surface area contributed by atoms with Crippen LogP contribution in [0.15, 0.2) is 41.0 Å². The summed E-state index contributed by atoms with van der Waals surface area (Å²) in [7, 11) is 1.45. The SMILES string of the molecule is COc1ccc(CC(CCc2ccco2)NN)cc1F. The van der Waals surface area contributed by atoms with Crippen LogP contribution >= 0.6 is 0 Å². The van der Waals surface area contributed by atoms with Crippen LogP contribution in [-0.2, 0) is 12.8 Å². The smallest absolute Gasteiger partial charge is 0.165 e. The molecule has 1 aromatic carbocycles. The minimum absolute atomic E-state index is 0.0629. The molecule has 0 amide bonds. The lowest BCUT2D eigenvalue weighted by atomic mass is 10.0. The maximum atomic E-state index is 13.6. The molecule has 0 aliphatic heterocycles. The molecule has 0 bridgehead atoms. The van der Waals surface area contributed by atoms with Gasteiger partial charge in [0.15, 0.2) is 11.6 Å². The van der Waals surface area contributed by atoms with E-state index in [4.69, 9.17) is 15.0 Å². The van der Waals surface area contributed by atoms with Gasteiger partial charge in [-0.05, 0) is 42.7 Å². The number of rotatable bonds is 7. The molecule has 0 spiro atoms. The van der Waals surface area contributed by atoms with Crippen molar-refractivity contribution in [2.24, 2.45) is 5.84 Å². The standard InChI is InChI=1S/C15H19FN2O2/c1-19-15-7-4-11(10-14(15)16)9-12(18-17)5-6-13-3-2-8-20-13/h2-4,7-8,10,12,18H,5-6,9,17H2,1H3. The predicted molar refractivity (Wildman–Crippen MR) is 74.8 cm³/mol. The van der Waals surface area contributed by atoms with E-state index in [1.165, 1.54) is 13.2 Å². The van der Waals surface area contributed by atoms with E-state index < -0.39 is 0 Å². The Bertz CT molecular complexity index is 529. The van der Waals surface area contributed by atoms with Gasteiger partial charge < -0.3 is 9.15 Å². The Hall–Kier alpha value is -1.85. The second-order valence-electron chi connectivity index (χ2n) is 4.65. The van der Waals surface area contributed by atoms with Crippen molar-refractivity contribution in [1.29, 1.82) is 0 Å². The Labute approximate surface area is 117 Å². The summed E-state index contributed by atoms with van der Waals surface area (Å²) in [4.78, 5) is 0. The van der Waals surface area contributed by atoms with Gasteiger partial charge in [-0.3, -0.25) is 11.3 Å². The molecule has 0 fully saturated rings. The lowest BCUT2D eigenvalue weighted by molar-refractivity contribution is 0.385. The molecule has 1 aromatic heterocycles. The first-order valence-electron chi connectivity index (χ1n) is 6.54. The Morgan fingerprint density at radius 2 is 2.25 bits per heavy atom. The fraction of sp³-hybridized carbons (Fsp3) is 0.333. The van der Waals surface area contributed by atoms with Gasteiger partial charge in [-0.1, -0.05) is 6.07 Å². The number of nitrogens with one attached hydrogen (secondary N) is 1. The van der Waals surface area contributed by atoms with E-state index in [0.29, 0.717) is 6.42 Å². The summed E-state index contributed by atoms with van der Waals surface area (Å²) >= 11 is 0. The van der Waals surface area contributed by atoms with E-state index in [1.807, 2.05) is 18.2 Å². The summed E-state index contributed by atoms with van der Waals surface area (Å²) < 4.78 is 23.8. The van der Waals surface area contributed by atoms with Gasteiger partial charge in [0.1, 0.15) is 5.76 Å². The van der Waals surface area contributed by atoms with Crippen molar-refractivity contribution in [1.82, 2.24) is 5.43 Å². The summed E-state index contributed by atoms with van der Waals surface area (Å²) in [5, 5.41) is 0. The van der Waals surface area contributed by atoms with Crippen LogP contribution in [0.3, 0.4) is 0 Å². The van der Waals surface area contributed by atoms with Gasteiger partial charge in [0.05, 0.1) is 13.4 Å². The zero-order chi connectivity index (χ0) is 14.4. The summed E-state index contributed by atoms with van der Waals surface area (Å²) in [6.07, 6.45) is 3.91. The monoisotopic (exact) mass is 278 g/mol. The van der Waals surface area contributed by atoms with Crippen molar-refractivity contribution < 1.29 is 13.5 Å². The van der Waals surface area contributed by atoms with Crippen molar-refractivity contribution in [3.8, 4) is 5.75 Å². The van der Waals surface area contributed by atoms with E-state index in [9.17, 15) is 4.39 Å². The van der Waals surface area contributed by atoms with Gasteiger partial charge in [-0.15, -0.1) is 0 Å². The third kappa shape index (κ3) is 3.82. The number of aryl methyl sites for hydroxylation is 1. The first-order valence-corrected chi connectivity index (χ1v) is 6.54. The first-order chi connectivity index (χ1) is 9.72. The molecule has 2 rings (SSSR count). The van der Waals surface area contributed by atoms with Crippen molar-refractivity contribution in [2.75, 3.05) is 7.11 Å². The molecule has 2 aromatic rings. The van der Waals surface area contributed by atoms with E-state index in [-0.39, 0.29) is 17.6 Å². The summed E-state index contributed by atoms with van der Waals surface area (Å²) in [5.41, 5.74) is 3.65. The maximum absolute atomic E-state index is 13.6. The molecule has 4 nitrogen and oxygen atoms in total. The Morgan fingerprint density at radius 1 is 1.40 bits per heavy atom. The number of ether oxygens (including phenoxy) is 1. The van der Waals surface area contributed by atoms with E-state index in [1.54, 1.807) is 12.3 Å². The molecule has 1 unspecified atom stereocenters. The van der Waals surface area contributed by atoms with Crippen molar-refractivity contribution in [3.05, 3.63) is 53.7 Å². The number of benzene rings is 1. The van der Waals surface area contributed by atoms with Gasteiger partial charge in [0, 0.05) is 12.5 Å². The van der Waals surface area contributed by atoms with Gasteiger partial charge >= 0.3 is 0 Å². The van der Waals surface area contributed by atoms with Crippen molar-refractivity contribution in [2.45, 2.75) is 25.3 Å². The minimum atomic E-state index is -0.355. The van der Waals surface area contributed by atoms with E-state index in [0.717, 1.165) is 24.2 Å². The largest absolute Gasteiger partial charge is 0.494 e. The van der Waals surface area contributed by atoms with Crippen LogP contribution in [-0.4, -0.2) is 13.2 Å². The third-order valence-electron chi connectivity index (χ3n) is 3.25. The first kappa shape index (κ1) is 14.6. The zero-order valence-electron chi connectivity index (χ0n) is 11.4. The molecular weight excluding hydrogens is 259 g/mol. The topological polar surface area (TPSA) is 60.4 Å². The van der Waals surface area contributed by atoms with Gasteiger partial charge in [0.2, 0.25) is 0 Å². The zero-order valence-corrected chi connectivity index (χ0v) is 11.4. The second kappa shape index (κ2) is 7.07. The average Bonchev–Trinajstić information content (AvgIpc) is 2.97. The average molecular weight is 278 g/mol. The Balaban J connectivity index is 1.93. The van der Waals surface area contributed by atoms with Crippen molar-refractivity contribution in [3.63, 3.8) is 0 Å². The molecular formula is C15H19FN2O2. The highest BCUT2D eigenvalue weighted by molar-refractivity contribution is 5.29. The van der Waals surface area contributed by atoms with Gasteiger partial charge in [-0.2, -0.15) is 0 Å². The Kier molecular flexibility index (Phi) is 5.15. The highest BCUT2D eigenvalue weighted by atomic mass is 19.1. The molecule has 108 valence electrons. The van der Waals surface area contributed by atoms with Crippen LogP contribution in [0.1, 0.15) is 17.7 Å². The fourth-order valence-corrected chi connectivity index (χ4v) is 2.14. The van der Waals surface area contributed by atoms with Crippen LogP contribution < -0.4 is 16.0 Å². The maximum Gasteiger partial charge on any atom is 0.165 e. The van der Waals surface area contributed by atoms with Crippen LogP contribution in [0, 0.1) is 5.82 Å². The molecule has 3 N–H and O–H groups in total. The molecule has 5 heteroatoms. The van der Waals surface area contributed by atoms with Crippen molar-refractivity contribution >= 4 is 0 Å². The number of halogens is 1. The van der Waals surface area contributed by atoms with Crippen LogP contribution in [0.5, 0.6) is 5.75 Å². The molecule has 1 heterocycles. The molecule has 0 saturated carbocycles. The number of hydrogen-bond donors (Lipinski definition) is 2. The Morgan fingerprint density at radius 3 is 2.85 bits per heavy atom. The fourth-order valence-electron chi connectivity index (χ4n) is 2.14. The third-order valence-corrected chi connectivity index (χ3v) is 3.25. The number of furan rings is 1. The molecule has 0 aliphatic rings. The van der Waals surface area contributed by atoms with Crippen LogP contribution in [0.2, 0.25) is 0 Å². The second-order valence-corrected chi connectivity index (χ2v) is 4.65. The van der Waals surface area contributed by atoms with E-state index in [2.05, 4.69) is 5.43 Å². The van der Waals surface area contributed by atoms with Gasteiger partial charge in [0.25, 0.3) is 0 Å². The number of nitrogens with two attached hydrogens (primary N) is 1. The highest BCUT2D eigenvalue weighted by Crippen LogP contribution is 2.19. The molecule has 0 saturated heterocycles. The predicted octanol–water partition coefficient (Wildman–Crippen LogP) is 2.43.